The molecule has 0 spiro atoms. The number of aliphatic hydroxyl groups is 1. The van der Waals surface area contributed by atoms with Crippen molar-refractivity contribution in [2.45, 2.75) is 78.1 Å². The van der Waals surface area contributed by atoms with Gasteiger partial charge in [-0.15, -0.1) is 0 Å². The smallest absolute Gasteiger partial charge is 0.336 e. The van der Waals surface area contributed by atoms with Gasteiger partial charge in [0.05, 0.1) is 17.1 Å². The molecule has 0 bridgehead atoms. The zero-order valence-electron chi connectivity index (χ0n) is 16.7. The Morgan fingerprint density at radius 3 is 2.70 bits per heavy atom. The van der Waals surface area contributed by atoms with E-state index in [-0.39, 0.29) is 17.6 Å². The average molecular weight is 372 g/mol. The van der Waals surface area contributed by atoms with Gasteiger partial charge in [0.1, 0.15) is 23.2 Å². The van der Waals surface area contributed by atoms with Gasteiger partial charge in [-0.2, -0.15) is 0 Å². The quantitative estimate of drug-likeness (QED) is 0.796. The Labute approximate surface area is 159 Å². The number of rotatable bonds is 2. The van der Waals surface area contributed by atoms with Gasteiger partial charge < -0.3 is 19.0 Å². The Balaban J connectivity index is 2.14. The van der Waals surface area contributed by atoms with Crippen LogP contribution in [0, 0.1) is 5.92 Å². The van der Waals surface area contributed by atoms with Crippen molar-refractivity contribution < 1.29 is 19.0 Å². The van der Waals surface area contributed by atoms with E-state index in [0.717, 1.165) is 47.9 Å². The SMILES string of the molecule is CCCc1cc(=O)oc2c3c(c4c(c12)OC(C)(C)CC4)O[C@@H](C)[C@@H](C)[C@@H]3O. The van der Waals surface area contributed by atoms with Crippen LogP contribution < -0.4 is 15.1 Å². The fourth-order valence-electron chi connectivity index (χ4n) is 4.28. The molecule has 4 rings (SSSR count). The number of ether oxygens (including phenoxy) is 2. The normalized spacial score (nSPS) is 26.1. The molecule has 0 saturated carbocycles. The van der Waals surface area contributed by atoms with Crippen LogP contribution >= 0.6 is 0 Å². The summed E-state index contributed by atoms with van der Waals surface area (Å²) >= 11 is 0. The maximum atomic E-state index is 12.3. The van der Waals surface area contributed by atoms with Crippen LogP contribution in [0.3, 0.4) is 0 Å². The standard InChI is InChI=1S/C22H28O5/c1-6-7-13-10-15(23)26-21-16(13)20-14(8-9-22(4,5)27-20)19-17(21)18(24)11(2)12(3)25-19/h10-12,18,24H,6-9H2,1-5H3/t11-,12+,18+/m1/s1. The number of aryl methyl sites for hydroxylation is 1. The van der Waals surface area contributed by atoms with Gasteiger partial charge in [0.2, 0.25) is 0 Å². The van der Waals surface area contributed by atoms with E-state index in [9.17, 15) is 9.90 Å². The van der Waals surface area contributed by atoms with Crippen LogP contribution in [-0.4, -0.2) is 16.8 Å². The molecule has 146 valence electrons. The number of aliphatic hydroxyl groups excluding tert-OH is 1. The van der Waals surface area contributed by atoms with Crippen LogP contribution in [0.25, 0.3) is 11.0 Å². The molecule has 2 aliphatic rings. The van der Waals surface area contributed by atoms with Gasteiger partial charge in [0, 0.05) is 17.5 Å². The summed E-state index contributed by atoms with van der Waals surface area (Å²) in [6.45, 7) is 10.1. The number of hydrogen-bond acceptors (Lipinski definition) is 5. The molecule has 27 heavy (non-hydrogen) atoms. The highest BCUT2D eigenvalue weighted by Crippen LogP contribution is 2.52. The van der Waals surface area contributed by atoms with Crippen molar-refractivity contribution in [3.8, 4) is 11.5 Å². The Morgan fingerprint density at radius 2 is 2.00 bits per heavy atom. The first-order valence-electron chi connectivity index (χ1n) is 9.92. The predicted molar refractivity (Wildman–Crippen MR) is 104 cm³/mol. The van der Waals surface area contributed by atoms with Crippen LogP contribution in [0.15, 0.2) is 15.3 Å². The first-order chi connectivity index (χ1) is 12.7. The van der Waals surface area contributed by atoms with Crippen LogP contribution in [0.4, 0.5) is 0 Å². The van der Waals surface area contributed by atoms with Gasteiger partial charge in [0.15, 0.2) is 5.58 Å². The second-order valence-corrected chi connectivity index (χ2v) is 8.58. The fraction of sp³-hybridized carbons (Fsp3) is 0.591. The van der Waals surface area contributed by atoms with Gasteiger partial charge >= 0.3 is 5.63 Å². The monoisotopic (exact) mass is 372 g/mol. The summed E-state index contributed by atoms with van der Waals surface area (Å²) in [7, 11) is 0. The zero-order chi connectivity index (χ0) is 19.5. The van der Waals surface area contributed by atoms with Crippen LogP contribution in [0.5, 0.6) is 11.5 Å². The van der Waals surface area contributed by atoms with Crippen LogP contribution in [0.2, 0.25) is 0 Å². The highest BCUT2D eigenvalue weighted by molar-refractivity contribution is 5.94. The molecule has 0 amide bonds. The lowest BCUT2D eigenvalue weighted by Gasteiger charge is -2.39. The second kappa shape index (κ2) is 6.26. The van der Waals surface area contributed by atoms with Crippen molar-refractivity contribution in [2.75, 3.05) is 0 Å². The minimum Gasteiger partial charge on any atom is -0.489 e. The summed E-state index contributed by atoms with van der Waals surface area (Å²) in [4.78, 5) is 12.3. The molecule has 0 fully saturated rings. The highest BCUT2D eigenvalue weighted by atomic mass is 16.5. The maximum absolute atomic E-state index is 12.3. The summed E-state index contributed by atoms with van der Waals surface area (Å²) in [6.07, 6.45) is 2.45. The van der Waals surface area contributed by atoms with Crippen LogP contribution in [-0.2, 0) is 12.8 Å². The third-order valence-electron chi connectivity index (χ3n) is 6.02. The predicted octanol–water partition coefficient (Wildman–Crippen LogP) is 4.30. The van der Waals surface area contributed by atoms with E-state index in [4.69, 9.17) is 13.9 Å². The lowest BCUT2D eigenvalue weighted by molar-refractivity contribution is 0.0151. The first-order valence-corrected chi connectivity index (χ1v) is 9.92. The maximum Gasteiger partial charge on any atom is 0.336 e. The summed E-state index contributed by atoms with van der Waals surface area (Å²) in [5.41, 5.74) is 2.22. The average Bonchev–Trinajstić information content (AvgIpc) is 2.58. The van der Waals surface area contributed by atoms with Gasteiger partial charge in [-0.25, -0.2) is 4.79 Å². The zero-order valence-corrected chi connectivity index (χ0v) is 16.7. The molecule has 0 radical (unpaired) electrons. The van der Waals surface area contributed by atoms with E-state index in [1.54, 1.807) is 6.07 Å². The molecule has 0 aliphatic carbocycles. The van der Waals surface area contributed by atoms with Gasteiger partial charge in [0.25, 0.3) is 0 Å². The molecular formula is C22H28O5. The topological polar surface area (TPSA) is 68.9 Å². The Bertz CT molecular complexity index is 956. The molecule has 0 saturated heterocycles. The Morgan fingerprint density at radius 1 is 1.26 bits per heavy atom. The molecule has 5 heteroatoms. The molecule has 5 nitrogen and oxygen atoms in total. The third-order valence-corrected chi connectivity index (χ3v) is 6.02. The van der Waals surface area contributed by atoms with Gasteiger partial charge in [-0.3, -0.25) is 0 Å². The third kappa shape index (κ3) is 2.83. The summed E-state index contributed by atoms with van der Waals surface area (Å²) in [6, 6.07) is 1.56. The van der Waals surface area contributed by atoms with E-state index >= 15 is 0 Å². The van der Waals surface area contributed by atoms with Crippen molar-refractivity contribution in [3.63, 3.8) is 0 Å². The van der Waals surface area contributed by atoms with E-state index in [2.05, 4.69) is 20.8 Å². The van der Waals surface area contributed by atoms with Crippen LogP contribution in [0.1, 0.15) is 70.3 Å². The molecule has 1 aromatic carbocycles. The molecular weight excluding hydrogens is 344 g/mol. The highest BCUT2D eigenvalue weighted by Gasteiger charge is 2.41. The van der Waals surface area contributed by atoms with E-state index in [1.165, 1.54) is 0 Å². The molecule has 2 aliphatic heterocycles. The molecule has 3 heterocycles. The summed E-state index contributed by atoms with van der Waals surface area (Å²) in [5.74, 6) is 1.30. The number of benzene rings is 1. The van der Waals surface area contributed by atoms with Crippen molar-refractivity contribution in [3.05, 3.63) is 33.2 Å². The van der Waals surface area contributed by atoms with Crippen molar-refractivity contribution in [1.82, 2.24) is 0 Å². The number of hydrogen-bond donors (Lipinski definition) is 1. The van der Waals surface area contributed by atoms with Gasteiger partial charge in [-0.05, 0) is 45.6 Å². The minimum absolute atomic E-state index is 0.0974. The Kier molecular flexibility index (Phi) is 4.26. The molecule has 0 unspecified atom stereocenters. The lowest BCUT2D eigenvalue weighted by Crippen LogP contribution is -2.36. The van der Waals surface area contributed by atoms with Crippen molar-refractivity contribution in [2.24, 2.45) is 5.92 Å². The van der Waals surface area contributed by atoms with E-state index in [1.807, 2.05) is 13.8 Å². The molecule has 1 aromatic heterocycles. The second-order valence-electron chi connectivity index (χ2n) is 8.58. The summed E-state index contributed by atoms with van der Waals surface area (Å²) < 4.78 is 18.3. The summed E-state index contributed by atoms with van der Waals surface area (Å²) in [5, 5.41) is 11.9. The van der Waals surface area contributed by atoms with Crippen molar-refractivity contribution in [1.29, 1.82) is 0 Å². The van der Waals surface area contributed by atoms with Crippen molar-refractivity contribution >= 4 is 11.0 Å². The molecule has 2 aromatic rings. The van der Waals surface area contributed by atoms with E-state index < -0.39 is 11.7 Å². The minimum atomic E-state index is -0.744. The Hall–Kier alpha value is -2.01. The largest absolute Gasteiger partial charge is 0.489 e. The molecule has 1 N–H and O–H groups in total. The van der Waals surface area contributed by atoms with Gasteiger partial charge in [-0.1, -0.05) is 20.3 Å². The first kappa shape index (κ1) is 18.4. The molecule has 3 atom stereocenters. The van der Waals surface area contributed by atoms with E-state index in [0.29, 0.717) is 16.9 Å². The lowest BCUT2D eigenvalue weighted by atomic mass is 9.83. The fourth-order valence-corrected chi connectivity index (χ4v) is 4.28. The number of fused-ring (bicyclic) bond motifs is 6.